The van der Waals surface area contributed by atoms with E-state index in [-0.39, 0.29) is 5.91 Å². The van der Waals surface area contributed by atoms with E-state index < -0.39 is 6.04 Å². The van der Waals surface area contributed by atoms with Crippen LogP contribution in [0.2, 0.25) is 0 Å². The SMILES string of the molecule is C=C(C)CN(C)c1ccc2c(c1)NC(=O)C2N. The van der Waals surface area contributed by atoms with Crippen molar-refractivity contribution in [3.8, 4) is 0 Å². The monoisotopic (exact) mass is 231 g/mol. The summed E-state index contributed by atoms with van der Waals surface area (Å²) in [4.78, 5) is 13.5. The molecule has 90 valence electrons. The number of nitrogens with one attached hydrogen (secondary N) is 1. The summed E-state index contributed by atoms with van der Waals surface area (Å²) in [5, 5.41) is 2.78. The van der Waals surface area contributed by atoms with Crippen LogP contribution >= 0.6 is 0 Å². The molecule has 0 radical (unpaired) electrons. The number of hydrogen-bond donors (Lipinski definition) is 2. The summed E-state index contributed by atoms with van der Waals surface area (Å²) in [6, 6.07) is 5.29. The Balaban J connectivity index is 2.27. The first kappa shape index (κ1) is 11.7. The first-order valence-corrected chi connectivity index (χ1v) is 5.55. The fourth-order valence-corrected chi connectivity index (χ4v) is 2.01. The molecule has 2 rings (SSSR count). The number of carbonyl (C=O) groups is 1. The van der Waals surface area contributed by atoms with Crippen LogP contribution in [0.4, 0.5) is 11.4 Å². The molecule has 4 heteroatoms. The summed E-state index contributed by atoms with van der Waals surface area (Å²) in [5.74, 6) is -0.139. The molecule has 1 aliphatic heterocycles. The maximum absolute atomic E-state index is 11.4. The van der Waals surface area contributed by atoms with E-state index in [0.29, 0.717) is 0 Å². The third kappa shape index (κ3) is 2.17. The minimum Gasteiger partial charge on any atom is -0.371 e. The van der Waals surface area contributed by atoms with E-state index in [1.54, 1.807) is 0 Å². The molecule has 0 spiro atoms. The Morgan fingerprint density at radius 2 is 2.29 bits per heavy atom. The molecule has 1 aliphatic rings. The van der Waals surface area contributed by atoms with Crippen molar-refractivity contribution in [3.05, 3.63) is 35.9 Å². The van der Waals surface area contributed by atoms with Gasteiger partial charge in [-0.1, -0.05) is 18.2 Å². The van der Waals surface area contributed by atoms with Crippen LogP contribution in [0.5, 0.6) is 0 Å². The third-order valence-electron chi connectivity index (χ3n) is 2.86. The lowest BCUT2D eigenvalue weighted by Crippen LogP contribution is -2.19. The smallest absolute Gasteiger partial charge is 0.245 e. The molecule has 17 heavy (non-hydrogen) atoms. The van der Waals surface area contributed by atoms with Crippen LogP contribution in [0.25, 0.3) is 0 Å². The molecule has 3 N–H and O–H groups in total. The number of likely N-dealkylation sites (N-methyl/N-ethyl adjacent to an activating group) is 1. The molecule has 0 saturated heterocycles. The molecule has 0 aliphatic carbocycles. The Bertz CT molecular complexity index is 482. The second-order valence-corrected chi connectivity index (χ2v) is 4.55. The van der Waals surface area contributed by atoms with Gasteiger partial charge in [0.2, 0.25) is 5.91 Å². The number of fused-ring (bicyclic) bond motifs is 1. The van der Waals surface area contributed by atoms with Crippen molar-refractivity contribution in [1.82, 2.24) is 0 Å². The molecule has 1 aromatic rings. The first-order chi connectivity index (χ1) is 7.99. The average molecular weight is 231 g/mol. The standard InChI is InChI=1S/C13H17N3O/c1-8(2)7-16(3)9-4-5-10-11(6-9)15-13(17)12(10)14/h4-6,12H,1,7,14H2,2-3H3,(H,15,17). The topological polar surface area (TPSA) is 58.4 Å². The highest BCUT2D eigenvalue weighted by atomic mass is 16.2. The van der Waals surface area contributed by atoms with Crippen LogP contribution in [0.3, 0.4) is 0 Å². The zero-order chi connectivity index (χ0) is 12.6. The van der Waals surface area contributed by atoms with Crippen molar-refractivity contribution < 1.29 is 4.79 Å². The van der Waals surface area contributed by atoms with E-state index in [9.17, 15) is 4.79 Å². The number of nitrogens with zero attached hydrogens (tertiary/aromatic N) is 1. The lowest BCUT2D eigenvalue weighted by Gasteiger charge is -2.20. The Labute approximate surface area is 101 Å². The fraction of sp³-hybridized carbons (Fsp3) is 0.308. The largest absolute Gasteiger partial charge is 0.371 e. The van der Waals surface area contributed by atoms with Crippen LogP contribution in [-0.2, 0) is 4.79 Å². The molecular weight excluding hydrogens is 214 g/mol. The van der Waals surface area contributed by atoms with Crippen LogP contribution in [0.15, 0.2) is 30.4 Å². The van der Waals surface area contributed by atoms with Gasteiger partial charge >= 0.3 is 0 Å². The number of benzene rings is 1. The van der Waals surface area contributed by atoms with Crippen LogP contribution in [-0.4, -0.2) is 19.5 Å². The van der Waals surface area contributed by atoms with Gasteiger partial charge < -0.3 is 16.0 Å². The second kappa shape index (κ2) is 4.22. The number of rotatable bonds is 3. The highest BCUT2D eigenvalue weighted by Gasteiger charge is 2.27. The van der Waals surface area contributed by atoms with E-state index >= 15 is 0 Å². The Hall–Kier alpha value is -1.81. The summed E-state index contributed by atoms with van der Waals surface area (Å²) in [6.07, 6.45) is 0. The van der Waals surface area contributed by atoms with Gasteiger partial charge in [-0.05, 0) is 19.1 Å². The first-order valence-electron chi connectivity index (χ1n) is 5.55. The Kier molecular flexibility index (Phi) is 2.90. The average Bonchev–Trinajstić information content (AvgIpc) is 2.53. The Morgan fingerprint density at radius 1 is 1.59 bits per heavy atom. The maximum Gasteiger partial charge on any atom is 0.245 e. The van der Waals surface area contributed by atoms with Gasteiger partial charge in [0.15, 0.2) is 0 Å². The zero-order valence-corrected chi connectivity index (χ0v) is 10.2. The van der Waals surface area contributed by atoms with Gasteiger partial charge in [-0.25, -0.2) is 0 Å². The van der Waals surface area contributed by atoms with Crippen molar-refractivity contribution >= 4 is 17.3 Å². The van der Waals surface area contributed by atoms with E-state index in [2.05, 4.69) is 16.8 Å². The summed E-state index contributed by atoms with van der Waals surface area (Å²) in [7, 11) is 1.99. The minimum atomic E-state index is -0.537. The van der Waals surface area contributed by atoms with E-state index in [4.69, 9.17) is 5.73 Å². The molecule has 1 atom stereocenters. The number of hydrogen-bond acceptors (Lipinski definition) is 3. The highest BCUT2D eigenvalue weighted by molar-refractivity contribution is 6.02. The number of nitrogens with two attached hydrogens (primary N) is 1. The lowest BCUT2D eigenvalue weighted by atomic mass is 10.1. The molecule has 1 amide bonds. The summed E-state index contributed by atoms with van der Waals surface area (Å²) < 4.78 is 0. The van der Waals surface area contributed by atoms with Crippen molar-refractivity contribution in [2.24, 2.45) is 5.73 Å². The molecule has 0 fully saturated rings. The number of anilines is 2. The summed E-state index contributed by atoms with van der Waals surface area (Å²) in [6.45, 7) is 6.66. The molecule has 1 unspecified atom stereocenters. The number of carbonyl (C=O) groups excluding carboxylic acids is 1. The van der Waals surface area contributed by atoms with Crippen molar-refractivity contribution in [2.75, 3.05) is 23.8 Å². The van der Waals surface area contributed by atoms with Crippen molar-refractivity contribution in [1.29, 1.82) is 0 Å². The molecule has 1 aromatic carbocycles. The van der Waals surface area contributed by atoms with Gasteiger partial charge in [-0.2, -0.15) is 0 Å². The number of amides is 1. The molecule has 0 aromatic heterocycles. The molecule has 0 bridgehead atoms. The van der Waals surface area contributed by atoms with E-state index in [1.807, 2.05) is 32.2 Å². The van der Waals surface area contributed by atoms with Crippen LogP contribution < -0.4 is 16.0 Å². The fourth-order valence-electron chi connectivity index (χ4n) is 2.01. The van der Waals surface area contributed by atoms with Gasteiger partial charge in [0.05, 0.1) is 0 Å². The summed E-state index contributed by atoms with van der Waals surface area (Å²) in [5.41, 5.74) is 9.57. The molecule has 1 heterocycles. The normalized spacial score (nSPS) is 17.6. The van der Waals surface area contributed by atoms with E-state index in [0.717, 1.165) is 29.1 Å². The lowest BCUT2D eigenvalue weighted by molar-refractivity contribution is -0.116. The Morgan fingerprint density at radius 3 is 2.94 bits per heavy atom. The molecule has 4 nitrogen and oxygen atoms in total. The highest BCUT2D eigenvalue weighted by Crippen LogP contribution is 2.32. The minimum absolute atomic E-state index is 0.139. The van der Waals surface area contributed by atoms with E-state index in [1.165, 1.54) is 0 Å². The van der Waals surface area contributed by atoms with Gasteiger partial charge in [0.1, 0.15) is 6.04 Å². The predicted molar refractivity (Wildman–Crippen MR) is 70.1 cm³/mol. The molecule has 0 saturated carbocycles. The van der Waals surface area contributed by atoms with Gasteiger partial charge in [0.25, 0.3) is 0 Å². The van der Waals surface area contributed by atoms with Gasteiger partial charge in [0, 0.05) is 30.5 Å². The maximum atomic E-state index is 11.4. The van der Waals surface area contributed by atoms with Gasteiger partial charge in [-0.15, -0.1) is 0 Å². The second-order valence-electron chi connectivity index (χ2n) is 4.55. The van der Waals surface area contributed by atoms with Crippen molar-refractivity contribution in [2.45, 2.75) is 13.0 Å². The van der Waals surface area contributed by atoms with Gasteiger partial charge in [-0.3, -0.25) is 4.79 Å². The van der Waals surface area contributed by atoms with Crippen LogP contribution in [0, 0.1) is 0 Å². The summed E-state index contributed by atoms with van der Waals surface area (Å²) >= 11 is 0. The van der Waals surface area contributed by atoms with Crippen LogP contribution in [0.1, 0.15) is 18.5 Å². The molecular formula is C13H17N3O. The zero-order valence-electron chi connectivity index (χ0n) is 10.2. The predicted octanol–water partition coefficient (Wildman–Crippen LogP) is 1.65. The third-order valence-corrected chi connectivity index (χ3v) is 2.86. The quantitative estimate of drug-likeness (QED) is 0.778. The van der Waals surface area contributed by atoms with Crippen molar-refractivity contribution in [3.63, 3.8) is 0 Å².